The average Bonchev–Trinajstić information content (AvgIpc) is 2.25. The van der Waals surface area contributed by atoms with Gasteiger partial charge in [0.2, 0.25) is 10.0 Å². The number of benzene rings is 1. The molecule has 0 aliphatic rings. The van der Waals surface area contributed by atoms with Gasteiger partial charge >= 0.3 is 0 Å². The molecule has 2 N–H and O–H groups in total. The number of rotatable bonds is 5. The Bertz CT molecular complexity index is 490. The van der Waals surface area contributed by atoms with Crippen molar-refractivity contribution in [3.05, 3.63) is 27.1 Å². The highest BCUT2D eigenvalue weighted by atomic mass is 79.9. The third kappa shape index (κ3) is 4.33. The van der Waals surface area contributed by atoms with Gasteiger partial charge in [-0.1, -0.05) is 22.9 Å². The van der Waals surface area contributed by atoms with Gasteiger partial charge in [0.25, 0.3) is 0 Å². The van der Waals surface area contributed by atoms with Gasteiger partial charge in [-0.25, -0.2) is 13.1 Å². The highest BCUT2D eigenvalue weighted by molar-refractivity contribution is 9.11. The Morgan fingerprint density at radius 3 is 2.59 bits per heavy atom. The maximum absolute atomic E-state index is 11.9. The molecule has 1 aromatic rings. The van der Waals surface area contributed by atoms with Crippen molar-refractivity contribution in [3.63, 3.8) is 0 Å². The molecule has 1 aromatic carbocycles. The monoisotopic (exact) mass is 385 g/mol. The zero-order valence-electron chi connectivity index (χ0n) is 9.15. The fourth-order valence-corrected chi connectivity index (χ4v) is 4.00. The van der Waals surface area contributed by atoms with Crippen LogP contribution in [0.5, 0.6) is 0 Å². The molecule has 0 bridgehead atoms. The van der Waals surface area contributed by atoms with E-state index in [0.29, 0.717) is 4.47 Å². The summed E-state index contributed by atoms with van der Waals surface area (Å²) in [5.41, 5.74) is 0. The van der Waals surface area contributed by atoms with Crippen LogP contribution in [0.4, 0.5) is 0 Å². The number of hydrogen-bond donors (Lipinski definition) is 2. The van der Waals surface area contributed by atoms with Gasteiger partial charge in [-0.2, -0.15) is 0 Å². The second-order valence-corrected chi connectivity index (χ2v) is 7.22. The molecule has 17 heavy (non-hydrogen) atoms. The molecule has 0 fully saturated rings. The van der Waals surface area contributed by atoms with Crippen LogP contribution in [0, 0.1) is 5.92 Å². The molecule has 0 amide bonds. The fraction of sp³-hybridized carbons (Fsp3) is 0.400. The Balaban J connectivity index is 2.90. The van der Waals surface area contributed by atoms with Crippen LogP contribution in [0.3, 0.4) is 0 Å². The molecule has 0 saturated carbocycles. The number of aliphatic hydroxyl groups is 1. The summed E-state index contributed by atoms with van der Waals surface area (Å²) in [6.07, 6.45) is 0. The van der Waals surface area contributed by atoms with Gasteiger partial charge in [-0.15, -0.1) is 0 Å². The normalized spacial score (nSPS) is 13.6. The lowest BCUT2D eigenvalue weighted by Gasteiger charge is -2.11. The zero-order valence-corrected chi connectivity index (χ0v) is 13.1. The second-order valence-electron chi connectivity index (χ2n) is 3.71. The summed E-state index contributed by atoms with van der Waals surface area (Å²) >= 11 is 6.47. The molecule has 4 nitrogen and oxygen atoms in total. The van der Waals surface area contributed by atoms with E-state index in [0.717, 1.165) is 4.47 Å². The van der Waals surface area contributed by atoms with E-state index >= 15 is 0 Å². The van der Waals surface area contributed by atoms with E-state index in [9.17, 15) is 8.42 Å². The third-order valence-corrected chi connectivity index (χ3v) is 5.01. The first kappa shape index (κ1) is 15.1. The Labute approximate surface area is 118 Å². The van der Waals surface area contributed by atoms with Gasteiger partial charge in [0, 0.05) is 22.1 Å². The molecule has 96 valence electrons. The number of halogens is 2. The van der Waals surface area contributed by atoms with Crippen molar-refractivity contribution in [2.45, 2.75) is 11.8 Å². The van der Waals surface area contributed by atoms with E-state index in [1.54, 1.807) is 19.1 Å². The number of sulfonamides is 1. The number of nitrogens with one attached hydrogen (secondary N) is 1. The molecule has 0 aliphatic carbocycles. The van der Waals surface area contributed by atoms with Crippen molar-refractivity contribution in [2.75, 3.05) is 13.2 Å². The van der Waals surface area contributed by atoms with E-state index in [2.05, 4.69) is 36.6 Å². The van der Waals surface area contributed by atoms with Crippen LogP contribution in [0.15, 0.2) is 32.0 Å². The van der Waals surface area contributed by atoms with Crippen LogP contribution in [-0.2, 0) is 10.0 Å². The molecule has 7 heteroatoms. The fourth-order valence-electron chi connectivity index (χ4n) is 1.09. The van der Waals surface area contributed by atoms with Gasteiger partial charge in [0.1, 0.15) is 0 Å². The molecule has 0 aliphatic heterocycles. The Hall–Kier alpha value is 0.0500. The molecule has 0 radical (unpaired) electrons. The molecule has 0 heterocycles. The maximum Gasteiger partial charge on any atom is 0.241 e. The smallest absolute Gasteiger partial charge is 0.241 e. The minimum Gasteiger partial charge on any atom is -0.396 e. The van der Waals surface area contributed by atoms with Gasteiger partial charge in [0.05, 0.1) is 4.90 Å². The lowest BCUT2D eigenvalue weighted by molar-refractivity contribution is 0.238. The van der Waals surface area contributed by atoms with Crippen LogP contribution >= 0.6 is 31.9 Å². The summed E-state index contributed by atoms with van der Waals surface area (Å²) in [5, 5.41) is 8.84. The summed E-state index contributed by atoms with van der Waals surface area (Å²) < 4.78 is 27.6. The molecule has 0 saturated heterocycles. The number of aliphatic hydroxyl groups excluding tert-OH is 1. The molecular formula is C10H13Br2NO3S. The van der Waals surface area contributed by atoms with Gasteiger partial charge < -0.3 is 5.11 Å². The van der Waals surface area contributed by atoms with Crippen molar-refractivity contribution in [2.24, 2.45) is 5.92 Å². The minimum atomic E-state index is -3.54. The van der Waals surface area contributed by atoms with Gasteiger partial charge in [-0.3, -0.25) is 0 Å². The number of hydrogen-bond acceptors (Lipinski definition) is 3. The molecule has 0 spiro atoms. The summed E-state index contributed by atoms with van der Waals surface area (Å²) in [6, 6.07) is 4.85. The predicted octanol–water partition coefficient (Wildman–Crippen LogP) is 2.12. The van der Waals surface area contributed by atoms with Crippen LogP contribution in [-0.4, -0.2) is 26.7 Å². The second kappa shape index (κ2) is 6.29. The highest BCUT2D eigenvalue weighted by Crippen LogP contribution is 2.25. The van der Waals surface area contributed by atoms with Crippen LogP contribution in [0.1, 0.15) is 6.92 Å². The predicted molar refractivity (Wildman–Crippen MR) is 73.3 cm³/mol. The standard InChI is InChI=1S/C10H13Br2NO3S/c1-7(6-14)5-13-17(15,16)10-3-2-8(11)4-9(10)12/h2-4,7,13-14H,5-6H2,1H3. The Morgan fingerprint density at radius 2 is 2.06 bits per heavy atom. The van der Waals surface area contributed by atoms with Crippen molar-refractivity contribution >= 4 is 41.9 Å². The first-order chi connectivity index (χ1) is 7.86. The largest absolute Gasteiger partial charge is 0.396 e. The van der Waals surface area contributed by atoms with E-state index in [1.165, 1.54) is 6.07 Å². The molecule has 0 aromatic heterocycles. The van der Waals surface area contributed by atoms with Crippen LogP contribution in [0.2, 0.25) is 0 Å². The minimum absolute atomic E-state index is 0.0516. The van der Waals surface area contributed by atoms with E-state index < -0.39 is 10.0 Å². The molecular weight excluding hydrogens is 374 g/mol. The lowest BCUT2D eigenvalue weighted by atomic mass is 10.2. The van der Waals surface area contributed by atoms with Crippen molar-refractivity contribution in [3.8, 4) is 0 Å². The van der Waals surface area contributed by atoms with E-state index in [1.807, 2.05) is 0 Å². The topological polar surface area (TPSA) is 66.4 Å². The first-order valence-corrected chi connectivity index (χ1v) is 7.99. The molecule has 1 atom stereocenters. The van der Waals surface area contributed by atoms with Crippen LogP contribution < -0.4 is 4.72 Å². The maximum atomic E-state index is 11.9. The average molecular weight is 387 g/mol. The SMILES string of the molecule is CC(CO)CNS(=O)(=O)c1ccc(Br)cc1Br. The van der Waals surface area contributed by atoms with E-state index in [4.69, 9.17) is 5.11 Å². The quantitative estimate of drug-likeness (QED) is 0.814. The lowest BCUT2D eigenvalue weighted by Crippen LogP contribution is -2.29. The van der Waals surface area contributed by atoms with E-state index in [-0.39, 0.29) is 24.0 Å². The first-order valence-electron chi connectivity index (χ1n) is 4.92. The Kier molecular flexibility index (Phi) is 5.59. The van der Waals surface area contributed by atoms with Crippen molar-refractivity contribution in [1.82, 2.24) is 4.72 Å². The summed E-state index contributed by atoms with van der Waals surface area (Å²) in [6.45, 7) is 1.92. The van der Waals surface area contributed by atoms with Gasteiger partial charge in [0.15, 0.2) is 0 Å². The Morgan fingerprint density at radius 1 is 1.41 bits per heavy atom. The summed E-state index contributed by atoms with van der Waals surface area (Å²) in [7, 11) is -3.54. The van der Waals surface area contributed by atoms with Gasteiger partial charge in [-0.05, 0) is 40.0 Å². The summed E-state index contributed by atoms with van der Waals surface area (Å²) in [5.74, 6) is -0.112. The highest BCUT2D eigenvalue weighted by Gasteiger charge is 2.18. The molecule has 1 rings (SSSR count). The molecule has 1 unspecified atom stereocenters. The zero-order chi connectivity index (χ0) is 13.1. The van der Waals surface area contributed by atoms with Crippen LogP contribution in [0.25, 0.3) is 0 Å². The summed E-state index contributed by atoms with van der Waals surface area (Å²) in [4.78, 5) is 0.186. The van der Waals surface area contributed by atoms with Crippen molar-refractivity contribution in [1.29, 1.82) is 0 Å². The third-order valence-electron chi connectivity index (χ3n) is 2.12. The van der Waals surface area contributed by atoms with Crippen molar-refractivity contribution < 1.29 is 13.5 Å².